The molecule has 0 saturated carbocycles. The van der Waals surface area contributed by atoms with Crippen molar-refractivity contribution in [3.05, 3.63) is 53.6 Å². The van der Waals surface area contributed by atoms with Crippen LogP contribution in [0, 0.1) is 0 Å². The van der Waals surface area contributed by atoms with Crippen LogP contribution in [-0.2, 0) is 10.1 Å². The SMILES string of the molecule is O=S(=O)(On1c(O)c2c(c1O)C1C=CC2C1)c1ccccc1. The van der Waals surface area contributed by atoms with E-state index in [-0.39, 0.29) is 28.5 Å². The van der Waals surface area contributed by atoms with Gasteiger partial charge in [0.25, 0.3) is 0 Å². The zero-order valence-electron chi connectivity index (χ0n) is 11.4. The van der Waals surface area contributed by atoms with Crippen LogP contribution in [0.4, 0.5) is 0 Å². The summed E-state index contributed by atoms with van der Waals surface area (Å²) in [6, 6.07) is 7.57. The van der Waals surface area contributed by atoms with Gasteiger partial charge >= 0.3 is 10.1 Å². The summed E-state index contributed by atoms with van der Waals surface area (Å²) >= 11 is 0. The number of hydrogen-bond acceptors (Lipinski definition) is 5. The third-order valence-electron chi connectivity index (χ3n) is 4.19. The van der Waals surface area contributed by atoms with Gasteiger partial charge in [0.05, 0.1) is 0 Å². The van der Waals surface area contributed by atoms with Crippen LogP contribution in [0.25, 0.3) is 0 Å². The van der Waals surface area contributed by atoms with Crippen molar-refractivity contribution in [2.45, 2.75) is 23.2 Å². The van der Waals surface area contributed by atoms with Crippen molar-refractivity contribution in [1.29, 1.82) is 0 Å². The third kappa shape index (κ3) is 1.69. The lowest BCUT2D eigenvalue weighted by molar-refractivity contribution is 0.200. The fourth-order valence-electron chi connectivity index (χ4n) is 3.22. The maximum absolute atomic E-state index is 12.2. The molecule has 0 fully saturated rings. The first-order chi connectivity index (χ1) is 10.5. The quantitative estimate of drug-likeness (QED) is 0.843. The van der Waals surface area contributed by atoms with Gasteiger partial charge in [-0.15, -0.1) is 0 Å². The number of benzene rings is 1. The molecule has 2 aliphatic carbocycles. The normalized spacial score (nSPS) is 22.0. The lowest BCUT2D eigenvalue weighted by Crippen LogP contribution is -2.20. The Morgan fingerprint density at radius 3 is 2.09 bits per heavy atom. The summed E-state index contributed by atoms with van der Waals surface area (Å²) in [6.07, 6.45) is 4.68. The van der Waals surface area contributed by atoms with E-state index in [1.807, 2.05) is 12.2 Å². The van der Waals surface area contributed by atoms with E-state index in [0.29, 0.717) is 15.9 Å². The zero-order valence-corrected chi connectivity index (χ0v) is 12.2. The molecular formula is C15H13NO5S. The smallest absolute Gasteiger partial charge is 0.357 e. The molecule has 1 aromatic heterocycles. The lowest BCUT2D eigenvalue weighted by Gasteiger charge is -2.10. The second-order valence-electron chi connectivity index (χ2n) is 5.44. The number of fused-ring (bicyclic) bond motifs is 5. The molecule has 2 unspecified atom stereocenters. The predicted octanol–water partition coefficient (Wildman–Crippen LogP) is 1.86. The molecule has 114 valence electrons. The molecule has 2 N–H and O–H groups in total. The molecule has 0 aliphatic heterocycles. The third-order valence-corrected chi connectivity index (χ3v) is 5.38. The lowest BCUT2D eigenvalue weighted by atomic mass is 10.0. The predicted molar refractivity (Wildman–Crippen MR) is 77.2 cm³/mol. The molecule has 0 radical (unpaired) electrons. The van der Waals surface area contributed by atoms with Gasteiger partial charge in [-0.3, -0.25) is 4.28 Å². The molecule has 2 aromatic rings. The van der Waals surface area contributed by atoms with Gasteiger partial charge in [0, 0.05) is 23.0 Å². The van der Waals surface area contributed by atoms with Gasteiger partial charge in [0.2, 0.25) is 11.8 Å². The molecular weight excluding hydrogens is 306 g/mol. The summed E-state index contributed by atoms with van der Waals surface area (Å²) in [5.74, 6) is -0.724. The fraction of sp³-hybridized carbons (Fsp3) is 0.200. The first kappa shape index (κ1) is 13.3. The summed E-state index contributed by atoms with van der Waals surface area (Å²) < 4.78 is 30.0. The number of allylic oxidation sites excluding steroid dienone is 2. The minimum atomic E-state index is -4.14. The zero-order chi connectivity index (χ0) is 15.5. The van der Waals surface area contributed by atoms with Crippen molar-refractivity contribution >= 4 is 10.1 Å². The first-order valence-corrected chi connectivity index (χ1v) is 8.24. The molecule has 2 atom stereocenters. The van der Waals surface area contributed by atoms with Gasteiger partial charge in [-0.05, 0) is 18.6 Å². The van der Waals surface area contributed by atoms with Crippen LogP contribution in [0.5, 0.6) is 11.8 Å². The molecule has 7 heteroatoms. The molecule has 0 saturated heterocycles. The van der Waals surface area contributed by atoms with Gasteiger partial charge in [-0.2, -0.15) is 8.42 Å². The number of rotatable bonds is 3. The highest BCUT2D eigenvalue weighted by molar-refractivity contribution is 7.87. The van der Waals surface area contributed by atoms with Crippen molar-refractivity contribution < 1.29 is 22.9 Å². The highest BCUT2D eigenvalue weighted by atomic mass is 32.2. The highest BCUT2D eigenvalue weighted by Crippen LogP contribution is 2.56. The molecule has 2 aliphatic rings. The largest absolute Gasteiger partial charge is 0.492 e. The molecule has 0 amide bonds. The monoisotopic (exact) mass is 319 g/mol. The standard InChI is InChI=1S/C15H13NO5S/c17-14-12-9-6-7-10(8-9)13(12)15(18)16(14)21-22(19,20)11-4-2-1-3-5-11/h1-7,9-10,17-18H,8H2. The van der Waals surface area contributed by atoms with Gasteiger partial charge in [0.15, 0.2) is 0 Å². The topological polar surface area (TPSA) is 88.8 Å². The number of hydrogen-bond donors (Lipinski definition) is 2. The molecule has 6 nitrogen and oxygen atoms in total. The van der Waals surface area contributed by atoms with Crippen molar-refractivity contribution in [3.63, 3.8) is 0 Å². The van der Waals surface area contributed by atoms with E-state index in [4.69, 9.17) is 4.28 Å². The maximum Gasteiger partial charge on any atom is 0.357 e. The molecule has 0 spiro atoms. The van der Waals surface area contributed by atoms with Crippen molar-refractivity contribution in [2.75, 3.05) is 0 Å². The Morgan fingerprint density at radius 1 is 1.00 bits per heavy atom. The van der Waals surface area contributed by atoms with Crippen LogP contribution in [0.15, 0.2) is 47.4 Å². The molecule has 1 heterocycles. The Bertz CT molecular complexity index is 847. The van der Waals surface area contributed by atoms with Gasteiger partial charge in [-0.25, -0.2) is 0 Å². The van der Waals surface area contributed by atoms with E-state index in [1.165, 1.54) is 12.1 Å². The van der Waals surface area contributed by atoms with E-state index < -0.39 is 10.1 Å². The van der Waals surface area contributed by atoms with Gasteiger partial charge < -0.3 is 10.2 Å². The van der Waals surface area contributed by atoms with Crippen molar-refractivity contribution in [2.24, 2.45) is 0 Å². The van der Waals surface area contributed by atoms with Crippen LogP contribution in [0.1, 0.15) is 29.4 Å². The first-order valence-electron chi connectivity index (χ1n) is 6.84. The van der Waals surface area contributed by atoms with Crippen LogP contribution < -0.4 is 4.28 Å². The van der Waals surface area contributed by atoms with E-state index in [2.05, 4.69) is 0 Å². The van der Waals surface area contributed by atoms with Crippen molar-refractivity contribution in [1.82, 2.24) is 4.73 Å². The Hall–Kier alpha value is -2.41. The van der Waals surface area contributed by atoms with Crippen LogP contribution in [-0.4, -0.2) is 23.4 Å². The van der Waals surface area contributed by atoms with Crippen LogP contribution in [0.2, 0.25) is 0 Å². The van der Waals surface area contributed by atoms with Gasteiger partial charge in [0.1, 0.15) is 4.90 Å². The Morgan fingerprint density at radius 2 is 1.55 bits per heavy atom. The maximum atomic E-state index is 12.2. The van der Waals surface area contributed by atoms with Crippen molar-refractivity contribution in [3.8, 4) is 11.8 Å². The van der Waals surface area contributed by atoms with E-state index in [9.17, 15) is 18.6 Å². The number of aromatic hydroxyl groups is 2. The molecule has 4 rings (SSSR count). The summed E-state index contributed by atoms with van der Waals surface area (Å²) in [6.45, 7) is 0. The molecule has 2 bridgehead atoms. The highest BCUT2D eigenvalue weighted by Gasteiger charge is 2.42. The average Bonchev–Trinajstić information content (AvgIpc) is 3.18. The summed E-state index contributed by atoms with van der Waals surface area (Å²) in [5.41, 5.74) is 1.10. The second-order valence-corrected chi connectivity index (χ2v) is 6.97. The Balaban J connectivity index is 1.77. The number of aromatic nitrogens is 1. The Labute approximate surface area is 127 Å². The van der Waals surface area contributed by atoms with Crippen LogP contribution >= 0.6 is 0 Å². The van der Waals surface area contributed by atoms with E-state index in [0.717, 1.165) is 6.42 Å². The summed E-state index contributed by atoms with van der Waals surface area (Å²) in [5, 5.41) is 20.5. The number of nitrogens with zero attached hydrogens (tertiary/aromatic N) is 1. The molecule has 1 aromatic carbocycles. The average molecular weight is 319 g/mol. The second kappa shape index (κ2) is 4.30. The fourth-order valence-corrected chi connectivity index (χ4v) is 4.13. The van der Waals surface area contributed by atoms with Crippen LogP contribution in [0.3, 0.4) is 0 Å². The minimum Gasteiger partial charge on any atom is -0.492 e. The minimum absolute atomic E-state index is 0.00446. The molecule has 22 heavy (non-hydrogen) atoms. The Kier molecular flexibility index (Phi) is 2.59. The van der Waals surface area contributed by atoms with E-state index >= 15 is 0 Å². The van der Waals surface area contributed by atoms with Gasteiger partial charge in [-0.1, -0.05) is 35.1 Å². The van der Waals surface area contributed by atoms with E-state index in [1.54, 1.807) is 18.2 Å². The summed E-state index contributed by atoms with van der Waals surface area (Å²) in [4.78, 5) is -0.0521. The summed E-state index contributed by atoms with van der Waals surface area (Å²) in [7, 11) is -4.14.